The predicted molar refractivity (Wildman–Crippen MR) is 130 cm³/mol. The van der Waals surface area contributed by atoms with Gasteiger partial charge in [0.1, 0.15) is 5.25 Å². The van der Waals surface area contributed by atoms with Gasteiger partial charge in [0.15, 0.2) is 5.16 Å². The number of carbonyl (C=O) groups is 1. The van der Waals surface area contributed by atoms with Gasteiger partial charge in [-0.05, 0) is 47.7 Å². The van der Waals surface area contributed by atoms with Gasteiger partial charge < -0.3 is 5.73 Å². The fraction of sp³-hybridized carbons (Fsp3) is 0.192. The van der Waals surface area contributed by atoms with Gasteiger partial charge >= 0.3 is 0 Å². The van der Waals surface area contributed by atoms with Crippen LogP contribution in [0.1, 0.15) is 42.6 Å². The van der Waals surface area contributed by atoms with Crippen LogP contribution in [0.5, 0.6) is 0 Å². The Hall–Kier alpha value is -3.38. The van der Waals surface area contributed by atoms with E-state index in [1.807, 2.05) is 66.7 Å². The molecule has 2 unspecified atom stereocenters. The van der Waals surface area contributed by atoms with E-state index in [0.29, 0.717) is 27.7 Å². The molecule has 2 atom stereocenters. The monoisotopic (exact) mass is 443 g/mol. The van der Waals surface area contributed by atoms with Crippen LogP contribution in [0.4, 0.5) is 0 Å². The molecule has 1 aromatic heterocycles. The van der Waals surface area contributed by atoms with Crippen LogP contribution >= 0.6 is 11.8 Å². The van der Waals surface area contributed by atoms with Crippen LogP contribution in [-0.4, -0.2) is 15.5 Å². The van der Waals surface area contributed by atoms with Crippen molar-refractivity contribution in [1.29, 1.82) is 0 Å². The quantitative estimate of drug-likeness (QED) is 0.314. The molecule has 3 aromatic carbocycles. The van der Waals surface area contributed by atoms with Crippen molar-refractivity contribution in [2.75, 3.05) is 0 Å². The van der Waals surface area contributed by atoms with Gasteiger partial charge in [-0.15, -0.1) is 0 Å². The van der Waals surface area contributed by atoms with Crippen molar-refractivity contribution < 1.29 is 4.79 Å². The summed E-state index contributed by atoms with van der Waals surface area (Å²) in [6.07, 6.45) is 1.04. The van der Waals surface area contributed by atoms with E-state index >= 15 is 0 Å². The number of nitrogens with two attached hydrogens (primary N) is 1. The third kappa shape index (κ3) is 4.32. The summed E-state index contributed by atoms with van der Waals surface area (Å²) in [7, 11) is 0. The number of carbonyl (C=O) groups excluding carboxylic acids is 1. The van der Waals surface area contributed by atoms with Gasteiger partial charge in [0.05, 0.1) is 16.6 Å². The van der Waals surface area contributed by atoms with Crippen molar-refractivity contribution in [3.05, 3.63) is 100 Å². The minimum atomic E-state index is -0.671. The van der Waals surface area contributed by atoms with Crippen LogP contribution in [-0.2, 0) is 4.79 Å². The Kier molecular flexibility index (Phi) is 6.42. The van der Waals surface area contributed by atoms with E-state index < -0.39 is 11.2 Å². The fourth-order valence-corrected chi connectivity index (χ4v) is 4.70. The highest BCUT2D eigenvalue weighted by atomic mass is 32.2. The summed E-state index contributed by atoms with van der Waals surface area (Å²) in [5.41, 5.74) is 8.85. The molecule has 0 aliphatic heterocycles. The van der Waals surface area contributed by atoms with Crippen LogP contribution < -0.4 is 11.3 Å². The van der Waals surface area contributed by atoms with E-state index in [9.17, 15) is 9.59 Å². The highest BCUT2D eigenvalue weighted by Crippen LogP contribution is 2.35. The Bertz CT molecular complexity index is 1300. The predicted octanol–water partition coefficient (Wildman–Crippen LogP) is 5.22. The standard InChI is InChI=1S/C26H25N3O2S/c1-3-17(2)18-13-15-20(16-14-18)29-25(31)21-11-7-8-12-22(21)28-26(29)32-23(24(27)30)19-9-5-4-6-10-19/h4-17,23H,3H2,1-2H3,(H2,27,30). The van der Waals surface area contributed by atoms with Crippen molar-refractivity contribution >= 4 is 28.6 Å². The Balaban J connectivity index is 1.88. The summed E-state index contributed by atoms with van der Waals surface area (Å²) >= 11 is 1.19. The first kappa shape index (κ1) is 21.8. The maximum Gasteiger partial charge on any atom is 0.266 e. The third-order valence-corrected chi connectivity index (χ3v) is 6.89. The third-order valence-electron chi connectivity index (χ3n) is 5.66. The number of rotatable bonds is 7. The van der Waals surface area contributed by atoms with E-state index in [1.54, 1.807) is 16.7 Å². The second kappa shape index (κ2) is 9.40. The molecule has 4 aromatic rings. The van der Waals surface area contributed by atoms with E-state index in [-0.39, 0.29) is 5.56 Å². The largest absolute Gasteiger partial charge is 0.368 e. The van der Waals surface area contributed by atoms with Gasteiger partial charge in [0.25, 0.3) is 5.56 Å². The van der Waals surface area contributed by atoms with Crippen LogP contribution in [0.2, 0.25) is 0 Å². The number of fused-ring (bicyclic) bond motifs is 1. The summed E-state index contributed by atoms with van der Waals surface area (Å²) in [5.74, 6) is -0.0519. The van der Waals surface area contributed by atoms with Gasteiger partial charge in [-0.1, -0.05) is 80.2 Å². The van der Waals surface area contributed by atoms with Crippen molar-refractivity contribution in [3.63, 3.8) is 0 Å². The van der Waals surface area contributed by atoms with Crippen molar-refractivity contribution in [3.8, 4) is 5.69 Å². The lowest BCUT2D eigenvalue weighted by atomic mass is 9.98. The molecule has 0 bridgehead atoms. The first-order chi connectivity index (χ1) is 15.5. The number of aromatic nitrogens is 2. The Labute approximate surface area is 191 Å². The van der Waals surface area contributed by atoms with E-state index in [2.05, 4.69) is 13.8 Å². The van der Waals surface area contributed by atoms with Gasteiger partial charge in [-0.25, -0.2) is 4.98 Å². The molecule has 0 aliphatic rings. The molecule has 2 N–H and O–H groups in total. The average molecular weight is 444 g/mol. The normalized spacial score (nSPS) is 13.1. The smallest absolute Gasteiger partial charge is 0.266 e. The summed E-state index contributed by atoms with van der Waals surface area (Å²) in [5, 5.41) is 0.283. The molecule has 1 amide bonds. The van der Waals surface area contributed by atoms with Crippen molar-refractivity contribution in [2.45, 2.75) is 36.6 Å². The highest BCUT2D eigenvalue weighted by molar-refractivity contribution is 8.00. The van der Waals surface area contributed by atoms with Gasteiger partial charge in [0.2, 0.25) is 5.91 Å². The first-order valence-corrected chi connectivity index (χ1v) is 11.5. The first-order valence-electron chi connectivity index (χ1n) is 10.6. The average Bonchev–Trinajstić information content (AvgIpc) is 2.82. The number of hydrogen-bond donors (Lipinski definition) is 1. The zero-order valence-electron chi connectivity index (χ0n) is 18.1. The highest BCUT2D eigenvalue weighted by Gasteiger charge is 2.23. The molecule has 32 heavy (non-hydrogen) atoms. The molecule has 0 saturated carbocycles. The van der Waals surface area contributed by atoms with Crippen molar-refractivity contribution in [2.24, 2.45) is 5.73 Å². The summed E-state index contributed by atoms with van der Waals surface area (Å²) in [6.45, 7) is 4.33. The van der Waals surface area contributed by atoms with Gasteiger partial charge in [0, 0.05) is 0 Å². The number of nitrogens with zero attached hydrogens (tertiary/aromatic N) is 2. The lowest BCUT2D eigenvalue weighted by molar-refractivity contribution is -0.117. The van der Waals surface area contributed by atoms with Crippen LogP contribution in [0.25, 0.3) is 16.6 Å². The molecule has 0 fully saturated rings. The van der Waals surface area contributed by atoms with E-state index in [4.69, 9.17) is 10.7 Å². The van der Waals surface area contributed by atoms with Crippen LogP contribution in [0.3, 0.4) is 0 Å². The molecular weight excluding hydrogens is 418 g/mol. The van der Waals surface area contributed by atoms with Crippen LogP contribution in [0, 0.1) is 0 Å². The van der Waals surface area contributed by atoms with Gasteiger partial charge in [-0.3, -0.25) is 14.2 Å². The van der Waals surface area contributed by atoms with E-state index in [0.717, 1.165) is 12.0 Å². The lowest BCUT2D eigenvalue weighted by Gasteiger charge is -2.18. The molecule has 0 saturated heterocycles. The zero-order valence-corrected chi connectivity index (χ0v) is 18.9. The number of benzene rings is 3. The topological polar surface area (TPSA) is 78.0 Å². The Morgan fingerprint density at radius 2 is 1.62 bits per heavy atom. The van der Waals surface area contributed by atoms with Crippen molar-refractivity contribution in [1.82, 2.24) is 9.55 Å². The Morgan fingerprint density at radius 3 is 2.28 bits per heavy atom. The number of para-hydroxylation sites is 1. The summed E-state index contributed by atoms with van der Waals surface area (Å²) < 4.78 is 1.58. The maximum atomic E-state index is 13.5. The molecule has 162 valence electrons. The molecule has 6 heteroatoms. The minimum Gasteiger partial charge on any atom is -0.368 e. The molecular formula is C26H25N3O2S. The second-order valence-electron chi connectivity index (χ2n) is 7.76. The zero-order chi connectivity index (χ0) is 22.7. The fourth-order valence-electron chi connectivity index (χ4n) is 3.63. The summed E-state index contributed by atoms with van der Waals surface area (Å²) in [6, 6.07) is 24.5. The maximum absolute atomic E-state index is 13.5. The van der Waals surface area contributed by atoms with E-state index in [1.165, 1.54) is 17.3 Å². The molecule has 0 aliphatic carbocycles. The number of amides is 1. The van der Waals surface area contributed by atoms with Gasteiger partial charge in [-0.2, -0.15) is 0 Å². The second-order valence-corrected chi connectivity index (χ2v) is 8.84. The molecule has 4 rings (SSSR count). The molecule has 0 spiro atoms. The number of hydrogen-bond acceptors (Lipinski definition) is 4. The molecule has 0 radical (unpaired) electrons. The Morgan fingerprint density at radius 1 is 0.969 bits per heavy atom. The SMILES string of the molecule is CCC(C)c1ccc(-n2c(SC(C(N)=O)c3ccccc3)nc3ccccc3c2=O)cc1. The lowest BCUT2D eigenvalue weighted by Crippen LogP contribution is -2.24. The summed E-state index contributed by atoms with van der Waals surface area (Å²) in [4.78, 5) is 30.6. The number of thioether (sulfide) groups is 1. The molecule has 1 heterocycles. The van der Waals surface area contributed by atoms with Crippen LogP contribution in [0.15, 0.2) is 88.8 Å². The minimum absolute atomic E-state index is 0.175. The molecule has 5 nitrogen and oxygen atoms in total. The number of primary amides is 1.